The largest absolute Gasteiger partial charge is 0.352 e. The molecule has 0 radical (unpaired) electrons. The lowest BCUT2D eigenvalue weighted by molar-refractivity contribution is -0.132. The second-order valence-corrected chi connectivity index (χ2v) is 8.04. The van der Waals surface area contributed by atoms with Crippen LogP contribution in [0.1, 0.15) is 0 Å². The first-order valence-corrected chi connectivity index (χ1v) is 11.0. The van der Waals surface area contributed by atoms with Gasteiger partial charge in [-0.1, -0.05) is 0 Å². The van der Waals surface area contributed by atoms with Crippen LogP contribution < -0.4 is 4.90 Å². The molecule has 1 saturated heterocycles. The number of rotatable bonds is 5. The number of carbonyl (C=O) groups excluding carboxylic acids is 1. The van der Waals surface area contributed by atoms with Gasteiger partial charge in [-0.3, -0.25) is 4.79 Å². The fourth-order valence-electron chi connectivity index (χ4n) is 4.02. The maximum absolute atomic E-state index is 13.5. The summed E-state index contributed by atoms with van der Waals surface area (Å²) in [5.74, 6) is 0.623. The molecule has 172 valence electrons. The first-order valence-electron chi connectivity index (χ1n) is 11.0. The average Bonchev–Trinajstić information content (AvgIpc) is 3.29. The van der Waals surface area contributed by atoms with Crippen molar-refractivity contribution in [1.29, 1.82) is 0 Å². The van der Waals surface area contributed by atoms with Gasteiger partial charge in [0.25, 0.3) is 0 Å². The fourth-order valence-corrected chi connectivity index (χ4v) is 4.02. The number of imidazole rings is 1. The Hall–Kier alpha value is -4.14. The Morgan fingerprint density at radius 1 is 0.853 bits per heavy atom. The second kappa shape index (κ2) is 9.38. The normalized spacial score (nSPS) is 13.8. The monoisotopic (exact) mass is 460 g/mol. The molecule has 1 aliphatic heterocycles. The molecule has 0 N–H and O–H groups in total. The SMILES string of the molecule is O=C(Cn1cc(-c2ccc(F)cc2)nc1-c1ccc(F)cc1)N1CCN(c2cccnn2)CC1. The van der Waals surface area contributed by atoms with E-state index < -0.39 is 0 Å². The van der Waals surface area contributed by atoms with E-state index in [0.29, 0.717) is 43.3 Å². The van der Waals surface area contributed by atoms with Crippen molar-refractivity contribution < 1.29 is 13.6 Å². The van der Waals surface area contributed by atoms with E-state index in [1.165, 1.54) is 24.3 Å². The molecule has 5 rings (SSSR count). The predicted molar refractivity (Wildman–Crippen MR) is 124 cm³/mol. The molecule has 2 aromatic heterocycles. The van der Waals surface area contributed by atoms with Crippen LogP contribution in [0, 0.1) is 11.6 Å². The lowest BCUT2D eigenvalue weighted by atomic mass is 10.2. The van der Waals surface area contributed by atoms with E-state index in [-0.39, 0.29) is 24.1 Å². The van der Waals surface area contributed by atoms with E-state index in [1.807, 2.05) is 17.0 Å². The third-order valence-corrected chi connectivity index (χ3v) is 5.84. The van der Waals surface area contributed by atoms with Crippen LogP contribution in [0.25, 0.3) is 22.6 Å². The quantitative estimate of drug-likeness (QED) is 0.455. The molecule has 4 aromatic rings. The zero-order chi connectivity index (χ0) is 23.5. The van der Waals surface area contributed by atoms with Gasteiger partial charge in [-0.05, 0) is 60.7 Å². The molecule has 9 heteroatoms. The highest BCUT2D eigenvalue weighted by atomic mass is 19.1. The highest BCUT2D eigenvalue weighted by molar-refractivity contribution is 5.78. The number of piperazine rings is 1. The molecule has 0 saturated carbocycles. The van der Waals surface area contributed by atoms with Gasteiger partial charge in [-0.15, -0.1) is 5.10 Å². The summed E-state index contributed by atoms with van der Waals surface area (Å²) in [7, 11) is 0. The zero-order valence-electron chi connectivity index (χ0n) is 18.3. The van der Waals surface area contributed by atoms with Crippen molar-refractivity contribution in [2.45, 2.75) is 6.54 Å². The summed E-state index contributed by atoms with van der Waals surface area (Å²) in [6, 6.07) is 15.8. The van der Waals surface area contributed by atoms with Crippen LogP contribution in [-0.2, 0) is 11.3 Å². The van der Waals surface area contributed by atoms with Crippen LogP contribution in [0.3, 0.4) is 0 Å². The van der Waals surface area contributed by atoms with Gasteiger partial charge in [0, 0.05) is 49.7 Å². The summed E-state index contributed by atoms with van der Waals surface area (Å²) in [4.78, 5) is 21.8. The van der Waals surface area contributed by atoms with Crippen LogP contribution in [0.15, 0.2) is 73.1 Å². The first-order chi connectivity index (χ1) is 16.6. The summed E-state index contributed by atoms with van der Waals surface area (Å²) in [6.07, 6.45) is 3.41. The van der Waals surface area contributed by atoms with Crippen molar-refractivity contribution in [3.8, 4) is 22.6 Å². The number of hydrogen-bond acceptors (Lipinski definition) is 5. The molecule has 3 heterocycles. The Balaban J connectivity index is 1.36. The molecule has 1 aliphatic rings. The van der Waals surface area contributed by atoms with E-state index in [2.05, 4.69) is 20.1 Å². The van der Waals surface area contributed by atoms with Crippen LogP contribution in [0.5, 0.6) is 0 Å². The summed E-state index contributed by atoms with van der Waals surface area (Å²) in [5.41, 5.74) is 2.03. The molecular weight excluding hydrogens is 438 g/mol. The molecule has 2 aromatic carbocycles. The Kier molecular flexibility index (Phi) is 5.99. The topological polar surface area (TPSA) is 67.2 Å². The molecule has 0 unspecified atom stereocenters. The van der Waals surface area contributed by atoms with Gasteiger partial charge in [0.15, 0.2) is 5.82 Å². The van der Waals surface area contributed by atoms with Crippen LogP contribution in [-0.4, -0.2) is 56.7 Å². The van der Waals surface area contributed by atoms with E-state index in [9.17, 15) is 13.6 Å². The third-order valence-electron chi connectivity index (χ3n) is 5.84. The van der Waals surface area contributed by atoms with E-state index in [1.54, 1.807) is 41.2 Å². The maximum Gasteiger partial charge on any atom is 0.242 e. The number of aromatic nitrogens is 4. The maximum atomic E-state index is 13.5. The number of halogens is 2. The van der Waals surface area contributed by atoms with Crippen molar-refractivity contribution >= 4 is 11.7 Å². The molecule has 1 amide bonds. The van der Waals surface area contributed by atoms with E-state index in [4.69, 9.17) is 0 Å². The molecule has 0 aliphatic carbocycles. The van der Waals surface area contributed by atoms with Crippen LogP contribution in [0.2, 0.25) is 0 Å². The van der Waals surface area contributed by atoms with Crippen molar-refractivity contribution in [3.63, 3.8) is 0 Å². The fraction of sp³-hybridized carbons (Fsp3) is 0.200. The first kappa shape index (κ1) is 21.7. The summed E-state index contributed by atoms with van der Waals surface area (Å²) in [5, 5.41) is 8.06. The van der Waals surface area contributed by atoms with Gasteiger partial charge in [-0.25, -0.2) is 13.8 Å². The highest BCUT2D eigenvalue weighted by Crippen LogP contribution is 2.26. The van der Waals surface area contributed by atoms with E-state index in [0.717, 1.165) is 11.4 Å². The number of benzene rings is 2. The van der Waals surface area contributed by atoms with Gasteiger partial charge < -0.3 is 14.4 Å². The minimum absolute atomic E-state index is 0.0368. The van der Waals surface area contributed by atoms with Crippen molar-refractivity contribution in [1.82, 2.24) is 24.6 Å². The standard InChI is InChI=1S/C25H22F2N6O/c26-20-7-3-18(4-8-20)22-16-33(25(29-22)19-5-9-21(27)10-6-19)17-24(34)32-14-12-31(13-15-32)23-2-1-11-28-30-23/h1-11,16H,12-15,17H2. The smallest absolute Gasteiger partial charge is 0.242 e. The number of nitrogens with zero attached hydrogens (tertiary/aromatic N) is 6. The number of anilines is 1. The van der Waals surface area contributed by atoms with Gasteiger partial charge in [0.2, 0.25) is 5.91 Å². The minimum atomic E-state index is -0.349. The molecule has 0 spiro atoms. The van der Waals surface area contributed by atoms with Crippen LogP contribution >= 0.6 is 0 Å². The number of hydrogen-bond donors (Lipinski definition) is 0. The minimum Gasteiger partial charge on any atom is -0.352 e. The lowest BCUT2D eigenvalue weighted by Gasteiger charge is -2.35. The van der Waals surface area contributed by atoms with Crippen molar-refractivity contribution in [2.24, 2.45) is 0 Å². The van der Waals surface area contributed by atoms with Gasteiger partial charge >= 0.3 is 0 Å². The Labute approximate surface area is 195 Å². The molecule has 0 bridgehead atoms. The van der Waals surface area contributed by atoms with Gasteiger partial charge in [-0.2, -0.15) is 5.10 Å². The van der Waals surface area contributed by atoms with Crippen molar-refractivity contribution in [2.75, 3.05) is 31.1 Å². The highest BCUT2D eigenvalue weighted by Gasteiger charge is 2.23. The van der Waals surface area contributed by atoms with E-state index >= 15 is 0 Å². The zero-order valence-corrected chi connectivity index (χ0v) is 18.3. The predicted octanol–water partition coefficient (Wildman–Crippen LogP) is 3.63. The Morgan fingerprint density at radius 3 is 2.12 bits per heavy atom. The third kappa shape index (κ3) is 4.63. The average molecular weight is 460 g/mol. The molecule has 34 heavy (non-hydrogen) atoms. The van der Waals surface area contributed by atoms with Gasteiger partial charge in [0.05, 0.1) is 5.69 Å². The van der Waals surface area contributed by atoms with Crippen LogP contribution in [0.4, 0.5) is 14.6 Å². The summed E-state index contributed by atoms with van der Waals surface area (Å²) >= 11 is 0. The number of amides is 1. The molecule has 7 nitrogen and oxygen atoms in total. The number of carbonyl (C=O) groups is 1. The summed E-state index contributed by atoms with van der Waals surface area (Å²) in [6.45, 7) is 2.56. The van der Waals surface area contributed by atoms with Crippen molar-refractivity contribution in [3.05, 3.63) is 84.7 Å². The molecular formula is C25H22F2N6O. The summed E-state index contributed by atoms with van der Waals surface area (Å²) < 4.78 is 28.6. The van der Waals surface area contributed by atoms with Gasteiger partial charge in [0.1, 0.15) is 24.0 Å². The Bertz CT molecular complexity index is 1270. The molecule has 0 atom stereocenters. The lowest BCUT2D eigenvalue weighted by Crippen LogP contribution is -2.49. The molecule has 1 fully saturated rings. The second-order valence-electron chi connectivity index (χ2n) is 8.04. The Morgan fingerprint density at radius 2 is 1.50 bits per heavy atom.